The summed E-state index contributed by atoms with van der Waals surface area (Å²) in [4.78, 5) is 30.8. The van der Waals surface area contributed by atoms with Gasteiger partial charge in [-0.15, -0.1) is 0 Å². The fourth-order valence-electron chi connectivity index (χ4n) is 2.53. The van der Waals surface area contributed by atoms with Crippen LogP contribution in [0.3, 0.4) is 0 Å². The fraction of sp³-hybridized carbons (Fsp3) is 0.467. The lowest BCUT2D eigenvalue weighted by molar-refractivity contribution is -0.173. The van der Waals surface area contributed by atoms with Crippen LogP contribution in [0.2, 0.25) is 0 Å². The molecule has 1 fully saturated rings. The molecule has 1 aromatic rings. The molecule has 0 aliphatic carbocycles. The van der Waals surface area contributed by atoms with Crippen LogP contribution < -0.4 is 0 Å². The molecular weight excluding hydrogens is 256 g/mol. The molecule has 0 aromatic heterocycles. The zero-order valence-electron chi connectivity index (χ0n) is 12.1. The summed E-state index contributed by atoms with van der Waals surface area (Å²) in [6.45, 7) is 2.43. The van der Waals surface area contributed by atoms with Gasteiger partial charge in [0.2, 0.25) is 5.91 Å². The third kappa shape index (κ3) is 2.82. The van der Waals surface area contributed by atoms with Crippen molar-refractivity contribution in [3.63, 3.8) is 0 Å². The van der Waals surface area contributed by atoms with Crippen LogP contribution in [0.25, 0.3) is 0 Å². The van der Waals surface area contributed by atoms with E-state index in [1.54, 1.807) is 11.9 Å². The Labute approximate surface area is 119 Å². The van der Waals surface area contributed by atoms with Crippen molar-refractivity contribution in [3.05, 3.63) is 35.9 Å². The summed E-state index contributed by atoms with van der Waals surface area (Å²) in [6, 6.07) is 9.82. The number of carbonyl (C=O) groups is 2. The summed E-state index contributed by atoms with van der Waals surface area (Å²) >= 11 is 0. The molecule has 1 aliphatic rings. The molecule has 108 valence electrons. The average Bonchev–Trinajstić information content (AvgIpc) is 2.87. The first-order valence-electron chi connectivity index (χ1n) is 6.70. The van der Waals surface area contributed by atoms with Crippen LogP contribution in [0.5, 0.6) is 0 Å². The van der Waals surface area contributed by atoms with E-state index >= 15 is 0 Å². The molecule has 2 amide bonds. The van der Waals surface area contributed by atoms with Gasteiger partial charge in [0.15, 0.2) is 0 Å². The Morgan fingerprint density at radius 2 is 2.05 bits per heavy atom. The van der Waals surface area contributed by atoms with E-state index in [2.05, 4.69) is 0 Å². The molecule has 2 atom stereocenters. The molecule has 20 heavy (non-hydrogen) atoms. The molecule has 0 bridgehead atoms. The van der Waals surface area contributed by atoms with Gasteiger partial charge in [-0.3, -0.25) is 14.4 Å². The smallest absolute Gasteiger partial charge is 0.251 e. The second kappa shape index (κ2) is 6.05. The van der Waals surface area contributed by atoms with Crippen molar-refractivity contribution in [3.8, 4) is 0 Å². The molecule has 1 aliphatic heterocycles. The summed E-state index contributed by atoms with van der Waals surface area (Å²) in [5, 5.41) is 1.19. The molecule has 0 radical (unpaired) electrons. The number of benzene rings is 1. The van der Waals surface area contributed by atoms with E-state index in [9.17, 15) is 9.59 Å². The molecule has 1 unspecified atom stereocenters. The van der Waals surface area contributed by atoms with Crippen molar-refractivity contribution < 1.29 is 14.4 Å². The van der Waals surface area contributed by atoms with Crippen LogP contribution in [0, 0.1) is 5.92 Å². The molecule has 0 N–H and O–H groups in total. The summed E-state index contributed by atoms with van der Waals surface area (Å²) in [6.07, 6.45) is 0.254. The van der Waals surface area contributed by atoms with Crippen molar-refractivity contribution in [2.24, 2.45) is 5.92 Å². The van der Waals surface area contributed by atoms with Crippen LogP contribution in [0.4, 0.5) is 0 Å². The summed E-state index contributed by atoms with van der Waals surface area (Å²) in [7, 11) is 3.01. The number of nitrogens with zero attached hydrogens (tertiary/aromatic N) is 2. The van der Waals surface area contributed by atoms with Gasteiger partial charge in [0, 0.05) is 20.0 Å². The number of hydrogen-bond donors (Lipinski definition) is 0. The maximum Gasteiger partial charge on any atom is 0.251 e. The van der Waals surface area contributed by atoms with Crippen molar-refractivity contribution in [2.45, 2.75) is 19.4 Å². The SMILES string of the molecule is CON(C)C(=O)C1CC(=O)N([C@H](C)c2ccccc2)C1. The highest BCUT2D eigenvalue weighted by Gasteiger charge is 2.38. The lowest BCUT2D eigenvalue weighted by Crippen LogP contribution is -2.34. The molecular formula is C15H20N2O3. The zero-order valence-corrected chi connectivity index (χ0v) is 12.1. The Bertz CT molecular complexity index is 489. The zero-order chi connectivity index (χ0) is 14.7. The minimum Gasteiger partial charge on any atom is -0.335 e. The molecule has 0 spiro atoms. The van der Waals surface area contributed by atoms with E-state index in [0.717, 1.165) is 5.56 Å². The molecule has 1 aromatic carbocycles. The van der Waals surface area contributed by atoms with E-state index in [4.69, 9.17) is 4.84 Å². The monoisotopic (exact) mass is 276 g/mol. The normalized spacial score (nSPS) is 20.1. The Hall–Kier alpha value is -1.88. The summed E-state index contributed by atoms with van der Waals surface area (Å²) in [5.41, 5.74) is 1.08. The maximum absolute atomic E-state index is 12.1. The molecule has 1 heterocycles. The first kappa shape index (κ1) is 14.5. The highest BCUT2D eigenvalue weighted by Crippen LogP contribution is 2.29. The standard InChI is InChI=1S/C15H20N2O3/c1-11(12-7-5-4-6-8-12)17-10-13(9-14(17)18)15(19)16(2)20-3/h4-8,11,13H,9-10H2,1-3H3/t11-,13?/m1/s1. The van der Waals surface area contributed by atoms with Crippen LogP contribution in [-0.4, -0.2) is 42.5 Å². The second-order valence-electron chi connectivity index (χ2n) is 5.05. The minimum atomic E-state index is -0.321. The third-order valence-corrected chi connectivity index (χ3v) is 3.84. The van der Waals surface area contributed by atoms with Gasteiger partial charge >= 0.3 is 0 Å². The van der Waals surface area contributed by atoms with Crippen molar-refractivity contribution in [1.82, 2.24) is 9.96 Å². The fourth-order valence-corrected chi connectivity index (χ4v) is 2.53. The van der Waals surface area contributed by atoms with Gasteiger partial charge in [-0.1, -0.05) is 30.3 Å². The summed E-state index contributed by atoms with van der Waals surface area (Å²) in [5.74, 6) is -0.452. The number of amides is 2. The first-order chi connectivity index (χ1) is 9.54. The van der Waals surface area contributed by atoms with Crippen LogP contribution in [0.1, 0.15) is 24.9 Å². The number of carbonyl (C=O) groups excluding carboxylic acids is 2. The van der Waals surface area contributed by atoms with Crippen molar-refractivity contribution in [1.29, 1.82) is 0 Å². The molecule has 0 saturated carbocycles. The Kier molecular flexibility index (Phi) is 4.39. The van der Waals surface area contributed by atoms with E-state index in [1.807, 2.05) is 37.3 Å². The number of likely N-dealkylation sites (tertiary alicyclic amines) is 1. The molecule has 5 nitrogen and oxygen atoms in total. The predicted molar refractivity (Wildman–Crippen MR) is 74.5 cm³/mol. The lowest BCUT2D eigenvalue weighted by atomic mass is 10.1. The Morgan fingerprint density at radius 3 is 2.65 bits per heavy atom. The molecule has 5 heteroatoms. The Balaban J connectivity index is 2.08. The number of hydrogen-bond acceptors (Lipinski definition) is 3. The third-order valence-electron chi connectivity index (χ3n) is 3.84. The van der Waals surface area contributed by atoms with Crippen LogP contribution in [-0.2, 0) is 14.4 Å². The maximum atomic E-state index is 12.1. The van der Waals surface area contributed by atoms with Crippen molar-refractivity contribution in [2.75, 3.05) is 20.7 Å². The largest absolute Gasteiger partial charge is 0.335 e. The highest BCUT2D eigenvalue weighted by atomic mass is 16.7. The molecule has 1 saturated heterocycles. The van der Waals surface area contributed by atoms with E-state index in [1.165, 1.54) is 12.2 Å². The van der Waals surface area contributed by atoms with E-state index in [0.29, 0.717) is 6.54 Å². The minimum absolute atomic E-state index is 0.0178. The van der Waals surface area contributed by atoms with E-state index in [-0.39, 0.29) is 30.2 Å². The van der Waals surface area contributed by atoms with Gasteiger partial charge in [0.05, 0.1) is 19.1 Å². The van der Waals surface area contributed by atoms with Gasteiger partial charge in [0.1, 0.15) is 0 Å². The number of hydroxylamine groups is 2. The quantitative estimate of drug-likeness (QED) is 0.785. The topological polar surface area (TPSA) is 49.9 Å². The van der Waals surface area contributed by atoms with E-state index < -0.39 is 0 Å². The lowest BCUT2D eigenvalue weighted by Gasteiger charge is -2.25. The Morgan fingerprint density at radius 1 is 1.40 bits per heavy atom. The van der Waals surface area contributed by atoms with Crippen LogP contribution >= 0.6 is 0 Å². The first-order valence-corrected chi connectivity index (χ1v) is 6.70. The van der Waals surface area contributed by atoms with Crippen LogP contribution in [0.15, 0.2) is 30.3 Å². The van der Waals surface area contributed by atoms with Gasteiger partial charge in [-0.05, 0) is 12.5 Å². The predicted octanol–water partition coefficient (Wildman–Crippen LogP) is 1.62. The molecule has 2 rings (SSSR count). The average molecular weight is 276 g/mol. The van der Waals surface area contributed by atoms with Crippen molar-refractivity contribution >= 4 is 11.8 Å². The van der Waals surface area contributed by atoms with Gasteiger partial charge in [0.25, 0.3) is 5.91 Å². The highest BCUT2D eigenvalue weighted by molar-refractivity contribution is 5.89. The second-order valence-corrected chi connectivity index (χ2v) is 5.05. The van der Waals surface area contributed by atoms with Gasteiger partial charge in [-0.2, -0.15) is 0 Å². The van der Waals surface area contributed by atoms with Gasteiger partial charge < -0.3 is 4.90 Å². The van der Waals surface area contributed by atoms with Gasteiger partial charge in [-0.25, -0.2) is 5.06 Å². The summed E-state index contributed by atoms with van der Waals surface area (Å²) < 4.78 is 0. The number of rotatable bonds is 4.